The Morgan fingerprint density at radius 1 is 1.60 bits per heavy atom. The van der Waals surface area contributed by atoms with E-state index >= 15 is 0 Å². The Morgan fingerprint density at radius 3 is 2.80 bits per heavy atom. The van der Waals surface area contributed by atoms with Crippen molar-refractivity contribution in [1.82, 2.24) is 4.90 Å². The topological polar surface area (TPSA) is 50.9 Å². The summed E-state index contributed by atoms with van der Waals surface area (Å²) in [7, 11) is 1.71. The Hall–Kier alpha value is -0.770. The Morgan fingerprint density at radius 2 is 2.27 bits per heavy atom. The van der Waals surface area contributed by atoms with Gasteiger partial charge in [0.15, 0.2) is 5.96 Å². The molecular formula is C11H23N3O. The molecule has 1 aliphatic rings. The molecule has 15 heavy (non-hydrogen) atoms. The van der Waals surface area contributed by atoms with Crippen molar-refractivity contribution in [3.63, 3.8) is 0 Å². The van der Waals surface area contributed by atoms with Crippen LogP contribution in [0.2, 0.25) is 0 Å². The molecule has 0 saturated heterocycles. The molecule has 0 amide bonds. The van der Waals surface area contributed by atoms with E-state index in [1.54, 1.807) is 7.11 Å². The standard InChI is InChI=1S/C11H23N3O/c1-9(2)7-11(3)8-13-10(12)14(11)5-6-15-4/h9H,5-8H2,1-4H3,(H2,12,13). The minimum atomic E-state index is 0.0801. The quantitative estimate of drug-likeness (QED) is 0.743. The van der Waals surface area contributed by atoms with Crippen LogP contribution in [0.3, 0.4) is 0 Å². The van der Waals surface area contributed by atoms with Crippen molar-refractivity contribution in [2.45, 2.75) is 32.7 Å². The van der Waals surface area contributed by atoms with Gasteiger partial charge in [-0.05, 0) is 19.3 Å². The molecule has 0 aromatic rings. The molecule has 2 N–H and O–H groups in total. The van der Waals surface area contributed by atoms with Gasteiger partial charge in [0.2, 0.25) is 0 Å². The lowest BCUT2D eigenvalue weighted by Gasteiger charge is -2.37. The average Bonchev–Trinajstić information content (AvgIpc) is 2.39. The van der Waals surface area contributed by atoms with Gasteiger partial charge in [0.25, 0.3) is 0 Å². The molecule has 0 saturated carbocycles. The van der Waals surface area contributed by atoms with E-state index in [0.29, 0.717) is 18.5 Å². The second-order valence-corrected chi connectivity index (χ2v) is 4.91. The van der Waals surface area contributed by atoms with Crippen LogP contribution in [0.4, 0.5) is 0 Å². The van der Waals surface area contributed by atoms with Crippen LogP contribution < -0.4 is 5.73 Å². The van der Waals surface area contributed by atoms with Crippen LogP contribution in [-0.4, -0.2) is 43.2 Å². The van der Waals surface area contributed by atoms with E-state index in [-0.39, 0.29) is 5.54 Å². The maximum Gasteiger partial charge on any atom is 0.191 e. The van der Waals surface area contributed by atoms with E-state index < -0.39 is 0 Å². The highest BCUT2D eigenvalue weighted by Crippen LogP contribution is 2.28. The zero-order valence-electron chi connectivity index (χ0n) is 10.3. The summed E-state index contributed by atoms with van der Waals surface area (Å²) in [5.74, 6) is 1.32. The Bertz CT molecular complexity index is 240. The fourth-order valence-corrected chi connectivity index (χ4v) is 2.32. The fraction of sp³-hybridized carbons (Fsp3) is 0.909. The highest BCUT2D eigenvalue weighted by molar-refractivity contribution is 5.80. The molecule has 0 aromatic carbocycles. The molecule has 0 aromatic heterocycles. The Kier molecular flexibility index (Phi) is 3.97. The molecule has 4 heteroatoms. The first-order chi connectivity index (χ1) is 6.99. The number of aliphatic imine (C=N–C) groups is 1. The molecule has 1 aliphatic heterocycles. The van der Waals surface area contributed by atoms with Gasteiger partial charge in [-0.3, -0.25) is 4.99 Å². The Labute approximate surface area is 92.5 Å². The number of hydrogen-bond acceptors (Lipinski definition) is 4. The summed E-state index contributed by atoms with van der Waals surface area (Å²) in [6, 6.07) is 0. The summed E-state index contributed by atoms with van der Waals surface area (Å²) in [6.07, 6.45) is 1.11. The highest BCUT2D eigenvalue weighted by Gasteiger charge is 2.37. The van der Waals surface area contributed by atoms with E-state index in [1.807, 2.05) is 0 Å². The normalized spacial score (nSPS) is 26.2. The van der Waals surface area contributed by atoms with Crippen molar-refractivity contribution < 1.29 is 4.74 Å². The largest absolute Gasteiger partial charge is 0.383 e. The second-order valence-electron chi connectivity index (χ2n) is 4.91. The van der Waals surface area contributed by atoms with Crippen LogP contribution in [0.1, 0.15) is 27.2 Å². The van der Waals surface area contributed by atoms with Gasteiger partial charge in [0, 0.05) is 13.7 Å². The number of hydrogen-bond donors (Lipinski definition) is 1. The summed E-state index contributed by atoms with van der Waals surface area (Å²) in [5, 5.41) is 0. The van der Waals surface area contributed by atoms with Crippen LogP contribution in [0, 0.1) is 5.92 Å². The number of methoxy groups -OCH3 is 1. The molecule has 1 unspecified atom stereocenters. The lowest BCUT2D eigenvalue weighted by molar-refractivity contribution is 0.125. The van der Waals surface area contributed by atoms with Gasteiger partial charge in [-0.1, -0.05) is 13.8 Å². The number of nitrogens with zero attached hydrogens (tertiary/aromatic N) is 2. The molecule has 0 bridgehead atoms. The maximum absolute atomic E-state index is 5.89. The monoisotopic (exact) mass is 213 g/mol. The van der Waals surface area contributed by atoms with Gasteiger partial charge in [0.05, 0.1) is 18.7 Å². The zero-order valence-corrected chi connectivity index (χ0v) is 10.3. The predicted molar refractivity (Wildman–Crippen MR) is 62.9 cm³/mol. The molecule has 88 valence electrons. The minimum Gasteiger partial charge on any atom is -0.383 e. The summed E-state index contributed by atoms with van der Waals surface area (Å²) in [6.45, 7) is 9.02. The lowest BCUT2D eigenvalue weighted by atomic mass is 9.90. The number of nitrogens with two attached hydrogens (primary N) is 1. The van der Waals surface area contributed by atoms with Gasteiger partial charge in [-0.25, -0.2) is 0 Å². The number of ether oxygens (including phenoxy) is 1. The van der Waals surface area contributed by atoms with Crippen molar-refractivity contribution >= 4 is 5.96 Å². The first-order valence-corrected chi connectivity index (χ1v) is 5.56. The van der Waals surface area contributed by atoms with Crippen LogP contribution in [0.5, 0.6) is 0 Å². The van der Waals surface area contributed by atoms with Crippen molar-refractivity contribution in [3.8, 4) is 0 Å². The van der Waals surface area contributed by atoms with E-state index in [9.17, 15) is 0 Å². The first kappa shape index (κ1) is 12.3. The van der Waals surface area contributed by atoms with E-state index in [2.05, 4.69) is 30.7 Å². The smallest absolute Gasteiger partial charge is 0.191 e. The molecular weight excluding hydrogens is 190 g/mol. The number of rotatable bonds is 5. The van der Waals surface area contributed by atoms with Gasteiger partial charge >= 0.3 is 0 Å². The van der Waals surface area contributed by atoms with Gasteiger partial charge in [-0.15, -0.1) is 0 Å². The molecule has 1 atom stereocenters. The van der Waals surface area contributed by atoms with Crippen LogP contribution in [0.15, 0.2) is 4.99 Å². The van der Waals surface area contributed by atoms with Crippen LogP contribution in [0.25, 0.3) is 0 Å². The zero-order chi connectivity index (χ0) is 11.5. The highest BCUT2D eigenvalue weighted by atomic mass is 16.5. The molecule has 4 nitrogen and oxygen atoms in total. The summed E-state index contributed by atoms with van der Waals surface area (Å²) >= 11 is 0. The van der Waals surface area contributed by atoms with E-state index in [4.69, 9.17) is 10.5 Å². The summed E-state index contributed by atoms with van der Waals surface area (Å²) < 4.78 is 5.10. The minimum absolute atomic E-state index is 0.0801. The van der Waals surface area contributed by atoms with Gasteiger partial charge in [0.1, 0.15) is 0 Å². The second kappa shape index (κ2) is 4.84. The summed E-state index contributed by atoms with van der Waals surface area (Å²) in [5.41, 5.74) is 5.97. The average molecular weight is 213 g/mol. The van der Waals surface area contributed by atoms with E-state index in [1.165, 1.54) is 0 Å². The molecule has 0 radical (unpaired) electrons. The first-order valence-electron chi connectivity index (χ1n) is 5.56. The molecule has 0 spiro atoms. The predicted octanol–water partition coefficient (Wildman–Crippen LogP) is 1.07. The van der Waals surface area contributed by atoms with Crippen molar-refractivity contribution in [2.75, 3.05) is 26.8 Å². The number of guanidine groups is 1. The third-order valence-electron chi connectivity index (χ3n) is 2.88. The van der Waals surface area contributed by atoms with E-state index in [0.717, 1.165) is 19.5 Å². The third-order valence-corrected chi connectivity index (χ3v) is 2.88. The third kappa shape index (κ3) is 2.84. The molecule has 0 fully saturated rings. The maximum atomic E-state index is 5.89. The molecule has 1 heterocycles. The van der Waals surface area contributed by atoms with Crippen molar-refractivity contribution in [3.05, 3.63) is 0 Å². The van der Waals surface area contributed by atoms with Crippen molar-refractivity contribution in [2.24, 2.45) is 16.6 Å². The van der Waals surface area contributed by atoms with Gasteiger partial charge < -0.3 is 15.4 Å². The molecule has 0 aliphatic carbocycles. The lowest BCUT2D eigenvalue weighted by Crippen LogP contribution is -2.51. The van der Waals surface area contributed by atoms with Crippen LogP contribution >= 0.6 is 0 Å². The fourth-order valence-electron chi connectivity index (χ4n) is 2.32. The molecule has 1 rings (SSSR count). The van der Waals surface area contributed by atoms with Gasteiger partial charge in [-0.2, -0.15) is 0 Å². The van der Waals surface area contributed by atoms with Crippen LogP contribution in [-0.2, 0) is 4.74 Å². The SMILES string of the molecule is COCCN1C(N)=NCC1(C)CC(C)C. The van der Waals surface area contributed by atoms with Crippen molar-refractivity contribution in [1.29, 1.82) is 0 Å². The Balaban J connectivity index is 2.64. The summed E-state index contributed by atoms with van der Waals surface area (Å²) in [4.78, 5) is 6.52.